The third-order valence-electron chi connectivity index (χ3n) is 1.42. The zero-order valence-electron chi connectivity index (χ0n) is 7.56. The molecule has 0 amide bonds. The lowest BCUT2D eigenvalue weighted by atomic mass is 10.2. The molecule has 0 aliphatic rings. The molecule has 0 rings (SSSR count). The van der Waals surface area contributed by atoms with Gasteiger partial charge in [0.15, 0.2) is 0 Å². The van der Waals surface area contributed by atoms with E-state index < -0.39 is 0 Å². The Bertz CT molecular complexity index is 128. The largest absolute Gasteiger partial charge is 0.176 e. The maximum absolute atomic E-state index is 4.29. The Morgan fingerprint density at radius 3 is 2.45 bits per heavy atom. The monoisotopic (exact) mass is 170 g/mol. The molecule has 1 heteroatoms. The summed E-state index contributed by atoms with van der Waals surface area (Å²) < 4.78 is 0. The Balaban J connectivity index is 3.09. The average Bonchev–Trinajstić information content (AvgIpc) is 1.96. The van der Waals surface area contributed by atoms with Crippen LogP contribution in [0.3, 0.4) is 0 Å². The zero-order valence-corrected chi connectivity index (χ0v) is 8.45. The molecule has 0 spiro atoms. The first-order valence-corrected chi connectivity index (χ1v) is 4.92. The summed E-state index contributed by atoms with van der Waals surface area (Å²) in [5.74, 6) is 6.29. The predicted octanol–water partition coefficient (Wildman–Crippen LogP) is 3.28. The molecule has 1 atom stereocenters. The molecule has 0 aromatic carbocycles. The molecule has 0 nitrogen and oxygen atoms in total. The Kier molecular flexibility index (Phi) is 7.95. The first kappa shape index (κ1) is 10.9. The molecule has 64 valence electrons. The molecule has 0 N–H and O–H groups in total. The summed E-state index contributed by atoms with van der Waals surface area (Å²) in [6.07, 6.45) is 5.66. The van der Waals surface area contributed by atoms with E-state index in [2.05, 4.69) is 38.3 Å². The third kappa shape index (κ3) is 9.91. The van der Waals surface area contributed by atoms with Crippen molar-refractivity contribution in [2.75, 3.05) is 0 Å². The predicted molar refractivity (Wildman–Crippen MR) is 55.0 cm³/mol. The van der Waals surface area contributed by atoms with Crippen LogP contribution in [0.2, 0.25) is 0 Å². The molecule has 0 fully saturated rings. The average molecular weight is 170 g/mol. The summed E-state index contributed by atoms with van der Waals surface area (Å²) >= 11 is 4.29. The van der Waals surface area contributed by atoms with Gasteiger partial charge in [0.1, 0.15) is 0 Å². The van der Waals surface area contributed by atoms with E-state index in [9.17, 15) is 0 Å². The number of hydrogen-bond donors (Lipinski definition) is 1. The normalized spacial score (nSPS) is 11.9. The van der Waals surface area contributed by atoms with E-state index in [1.165, 1.54) is 19.3 Å². The van der Waals surface area contributed by atoms with Crippen LogP contribution in [0.1, 0.15) is 46.0 Å². The van der Waals surface area contributed by atoms with Gasteiger partial charge in [-0.3, -0.25) is 0 Å². The summed E-state index contributed by atoms with van der Waals surface area (Å²) in [6.45, 7) is 4.28. The third-order valence-corrected chi connectivity index (χ3v) is 1.68. The highest BCUT2D eigenvalue weighted by molar-refractivity contribution is 7.80. The van der Waals surface area contributed by atoms with Gasteiger partial charge in [-0.05, 0) is 24.5 Å². The van der Waals surface area contributed by atoms with Gasteiger partial charge >= 0.3 is 0 Å². The van der Waals surface area contributed by atoms with Gasteiger partial charge < -0.3 is 0 Å². The van der Waals surface area contributed by atoms with Crippen LogP contribution in [0.15, 0.2) is 0 Å². The van der Waals surface area contributed by atoms with Gasteiger partial charge in [-0.25, -0.2) is 0 Å². The smallest absolute Gasteiger partial charge is 0.00890 e. The fourth-order valence-electron chi connectivity index (χ4n) is 0.788. The second kappa shape index (κ2) is 8.01. The summed E-state index contributed by atoms with van der Waals surface area (Å²) in [5, 5.41) is 0.531. The molecule has 1 unspecified atom stereocenters. The quantitative estimate of drug-likeness (QED) is 0.373. The van der Waals surface area contributed by atoms with Gasteiger partial charge in [0.2, 0.25) is 0 Å². The molecule has 0 aromatic rings. The summed E-state index contributed by atoms with van der Waals surface area (Å²) in [7, 11) is 0. The van der Waals surface area contributed by atoms with E-state index in [-0.39, 0.29) is 0 Å². The molecule has 0 aliphatic heterocycles. The lowest BCUT2D eigenvalue weighted by molar-refractivity contribution is 0.753. The number of hydrogen-bond acceptors (Lipinski definition) is 1. The van der Waals surface area contributed by atoms with Crippen LogP contribution < -0.4 is 0 Å². The Hall–Kier alpha value is -0.0900. The fraction of sp³-hybridized carbons (Fsp3) is 0.800. The van der Waals surface area contributed by atoms with Crippen LogP contribution in [0.4, 0.5) is 0 Å². The van der Waals surface area contributed by atoms with Gasteiger partial charge in [-0.1, -0.05) is 13.8 Å². The lowest BCUT2D eigenvalue weighted by Crippen LogP contribution is -1.88. The van der Waals surface area contributed by atoms with Crippen LogP contribution in [-0.4, -0.2) is 5.25 Å². The van der Waals surface area contributed by atoms with Crippen molar-refractivity contribution in [2.24, 2.45) is 0 Å². The van der Waals surface area contributed by atoms with Gasteiger partial charge in [0.25, 0.3) is 0 Å². The molecule has 0 radical (unpaired) electrons. The van der Waals surface area contributed by atoms with Crippen molar-refractivity contribution in [3.05, 3.63) is 0 Å². The molecule has 0 heterocycles. The van der Waals surface area contributed by atoms with Gasteiger partial charge in [-0.2, -0.15) is 12.6 Å². The maximum atomic E-state index is 4.29. The lowest BCUT2D eigenvalue weighted by Gasteiger charge is -1.98. The number of thiol groups is 1. The molecule has 0 bridgehead atoms. The van der Waals surface area contributed by atoms with Crippen LogP contribution in [0.25, 0.3) is 0 Å². The van der Waals surface area contributed by atoms with E-state index in [1.54, 1.807) is 0 Å². The van der Waals surface area contributed by atoms with Crippen LogP contribution in [0, 0.1) is 11.8 Å². The topological polar surface area (TPSA) is 0 Å². The second-order valence-corrected chi connectivity index (χ2v) is 3.73. The Morgan fingerprint density at radius 2 is 1.91 bits per heavy atom. The first-order valence-electron chi connectivity index (χ1n) is 4.41. The molecule has 11 heavy (non-hydrogen) atoms. The van der Waals surface area contributed by atoms with Gasteiger partial charge in [0.05, 0.1) is 0 Å². The molecular formula is C10H18S. The van der Waals surface area contributed by atoms with Crippen LogP contribution >= 0.6 is 12.6 Å². The highest BCUT2D eigenvalue weighted by atomic mass is 32.1. The second-order valence-electron chi connectivity index (χ2n) is 2.84. The van der Waals surface area contributed by atoms with E-state index in [0.29, 0.717) is 5.25 Å². The van der Waals surface area contributed by atoms with Gasteiger partial charge in [0, 0.05) is 12.8 Å². The van der Waals surface area contributed by atoms with Crippen LogP contribution in [0.5, 0.6) is 0 Å². The number of unbranched alkanes of at least 4 members (excludes halogenated alkanes) is 2. The fourth-order valence-corrected chi connectivity index (χ4v) is 0.970. The van der Waals surface area contributed by atoms with E-state index >= 15 is 0 Å². The standard InChI is InChI=1S/C10H18S/c1-3-4-5-6-7-8-9-10(2)11/h10-11H,3-4,7-9H2,1-2H3. The minimum atomic E-state index is 0.531. The van der Waals surface area contributed by atoms with Crippen LogP contribution in [-0.2, 0) is 0 Å². The van der Waals surface area contributed by atoms with Crippen molar-refractivity contribution in [1.82, 2.24) is 0 Å². The minimum absolute atomic E-state index is 0.531. The number of rotatable bonds is 4. The van der Waals surface area contributed by atoms with Crippen molar-refractivity contribution in [1.29, 1.82) is 0 Å². The molecule has 0 saturated heterocycles. The summed E-state index contributed by atoms with van der Waals surface area (Å²) in [5.41, 5.74) is 0. The van der Waals surface area contributed by atoms with Crippen molar-refractivity contribution in [2.45, 2.75) is 51.2 Å². The Labute approximate surface area is 76.2 Å². The highest BCUT2D eigenvalue weighted by Gasteiger charge is 1.91. The van der Waals surface area contributed by atoms with Crippen molar-refractivity contribution < 1.29 is 0 Å². The van der Waals surface area contributed by atoms with E-state index in [0.717, 1.165) is 12.8 Å². The highest BCUT2D eigenvalue weighted by Crippen LogP contribution is 2.04. The Morgan fingerprint density at radius 1 is 1.27 bits per heavy atom. The summed E-state index contributed by atoms with van der Waals surface area (Å²) in [4.78, 5) is 0. The molecular weight excluding hydrogens is 152 g/mol. The summed E-state index contributed by atoms with van der Waals surface area (Å²) in [6, 6.07) is 0. The SMILES string of the molecule is CCCC#CCCCC(C)S. The van der Waals surface area contributed by atoms with Crippen molar-refractivity contribution in [3.8, 4) is 11.8 Å². The maximum Gasteiger partial charge on any atom is 0.00890 e. The molecule has 0 aromatic heterocycles. The van der Waals surface area contributed by atoms with Crippen molar-refractivity contribution in [3.63, 3.8) is 0 Å². The van der Waals surface area contributed by atoms with Gasteiger partial charge in [-0.15, -0.1) is 11.8 Å². The van der Waals surface area contributed by atoms with Crippen molar-refractivity contribution >= 4 is 12.6 Å². The first-order chi connectivity index (χ1) is 5.27. The minimum Gasteiger partial charge on any atom is -0.176 e. The van der Waals surface area contributed by atoms with E-state index in [1.807, 2.05) is 0 Å². The molecule has 0 saturated carbocycles. The van der Waals surface area contributed by atoms with E-state index in [4.69, 9.17) is 0 Å². The zero-order chi connectivity index (χ0) is 8.53. The molecule has 0 aliphatic carbocycles.